The van der Waals surface area contributed by atoms with Crippen molar-refractivity contribution in [2.24, 2.45) is 11.8 Å². The lowest BCUT2D eigenvalue weighted by molar-refractivity contribution is -0.141. The number of nitrogens with one attached hydrogen (secondary N) is 2. The molecule has 4 fully saturated rings. The molecule has 5 amide bonds. The minimum atomic E-state index is -4.67. The number of carbonyl (C=O) groups is 4. The van der Waals surface area contributed by atoms with E-state index in [1.54, 1.807) is 17.0 Å². The third-order valence-corrected chi connectivity index (χ3v) is 11.6. The maximum atomic E-state index is 13.3. The molecule has 2 aromatic carbocycles. The molecule has 1 aliphatic carbocycles. The molecule has 2 N–H and O–H groups in total. The zero-order chi connectivity index (χ0) is 39.8. The Bertz CT molecular complexity index is 2160. The van der Waals surface area contributed by atoms with E-state index in [1.807, 2.05) is 40.0 Å². The van der Waals surface area contributed by atoms with Crippen LogP contribution in [-0.2, 0) is 15.8 Å². The molecule has 300 valence electrons. The van der Waals surface area contributed by atoms with Gasteiger partial charge in [-0.05, 0) is 74.1 Å². The van der Waals surface area contributed by atoms with Gasteiger partial charge in [0.05, 0.1) is 30.3 Å². The molecule has 14 nitrogen and oxygen atoms in total. The van der Waals surface area contributed by atoms with Crippen molar-refractivity contribution < 1.29 is 37.1 Å². The van der Waals surface area contributed by atoms with Crippen molar-refractivity contribution in [1.82, 2.24) is 29.9 Å². The van der Waals surface area contributed by atoms with Crippen LogP contribution in [0.2, 0.25) is 0 Å². The van der Waals surface area contributed by atoms with Crippen LogP contribution < -0.4 is 25.2 Å². The van der Waals surface area contributed by atoms with E-state index in [0.29, 0.717) is 42.5 Å². The molecular weight excluding hydrogens is 743 g/mol. The number of ether oxygens (including phenoxy) is 1. The summed E-state index contributed by atoms with van der Waals surface area (Å²) >= 11 is 0. The fourth-order valence-electron chi connectivity index (χ4n) is 8.30. The van der Waals surface area contributed by atoms with Crippen LogP contribution in [0.25, 0.3) is 10.9 Å². The van der Waals surface area contributed by atoms with Gasteiger partial charge in [-0.2, -0.15) is 18.3 Å². The molecule has 4 aromatic rings. The normalized spacial score (nSPS) is 21.0. The highest BCUT2D eigenvalue weighted by atomic mass is 19.4. The molecule has 17 heteroatoms. The van der Waals surface area contributed by atoms with E-state index in [0.717, 1.165) is 87.3 Å². The number of benzene rings is 2. The van der Waals surface area contributed by atoms with Crippen molar-refractivity contribution in [2.75, 3.05) is 74.6 Å². The van der Waals surface area contributed by atoms with Gasteiger partial charge in [0.25, 0.3) is 5.91 Å². The summed E-state index contributed by atoms with van der Waals surface area (Å²) in [6.07, 6.45) is 1.59. The number of imide groups is 1. The highest BCUT2D eigenvalue weighted by molar-refractivity contribution is 6.06. The number of aromatic nitrogens is 3. The fourth-order valence-corrected chi connectivity index (χ4v) is 8.30. The van der Waals surface area contributed by atoms with Crippen LogP contribution in [0.5, 0.6) is 5.75 Å². The molecule has 3 aliphatic heterocycles. The smallest absolute Gasteiger partial charge is 0.433 e. The van der Waals surface area contributed by atoms with Gasteiger partial charge in [0.15, 0.2) is 0 Å². The van der Waals surface area contributed by atoms with E-state index in [2.05, 4.69) is 25.4 Å². The molecule has 2 aromatic heterocycles. The largest absolute Gasteiger partial charge is 0.494 e. The topological polar surface area (TPSA) is 145 Å². The number of methoxy groups -OCH3 is 1. The van der Waals surface area contributed by atoms with E-state index in [4.69, 9.17) is 9.84 Å². The molecule has 8 rings (SSSR count). The number of hydrogen-bond donors (Lipinski definition) is 2. The van der Waals surface area contributed by atoms with E-state index < -0.39 is 23.8 Å². The highest BCUT2D eigenvalue weighted by Gasteiger charge is 2.37. The van der Waals surface area contributed by atoms with Crippen LogP contribution >= 0.6 is 0 Å². The second kappa shape index (κ2) is 15.7. The van der Waals surface area contributed by atoms with Crippen LogP contribution in [0.4, 0.5) is 35.0 Å². The van der Waals surface area contributed by atoms with Crippen LogP contribution in [0, 0.1) is 11.8 Å². The third-order valence-electron chi connectivity index (χ3n) is 11.6. The first-order valence-corrected chi connectivity index (χ1v) is 19.3. The molecule has 0 radical (unpaired) electrons. The fraction of sp³-hybridized carbons (Fsp3) is 0.450. The summed E-state index contributed by atoms with van der Waals surface area (Å²) in [4.78, 5) is 61.5. The first kappa shape index (κ1) is 38.2. The van der Waals surface area contributed by atoms with Crippen molar-refractivity contribution in [3.63, 3.8) is 0 Å². The van der Waals surface area contributed by atoms with Gasteiger partial charge in [0, 0.05) is 87.8 Å². The predicted molar refractivity (Wildman–Crippen MR) is 205 cm³/mol. The zero-order valence-corrected chi connectivity index (χ0v) is 31.5. The molecule has 5 heterocycles. The first-order chi connectivity index (χ1) is 27.4. The standard InChI is InChI=1S/C40H44F3N9O5/c1-57-34-20-32-26(19-33(34)45-37(54)31-3-2-4-35(44-31)40(41,42)43)24-52(47-32)30-7-5-25(6-8-30)21-48-15-17-49(18-16-48)38(55)27-22-50(23-27)28-9-11-29(12-10-28)51-14-13-36(53)46-39(51)56/h2-4,9-12,19-20,24-25,27,30H,5-8,13-18,21-23H2,1H3,(H,45,54)(H,46,53,56). The van der Waals surface area contributed by atoms with Gasteiger partial charge in [0.1, 0.15) is 17.1 Å². The van der Waals surface area contributed by atoms with Gasteiger partial charge >= 0.3 is 12.2 Å². The van der Waals surface area contributed by atoms with Gasteiger partial charge < -0.3 is 19.9 Å². The number of halogens is 3. The molecule has 0 bridgehead atoms. The van der Waals surface area contributed by atoms with Crippen molar-refractivity contribution in [2.45, 2.75) is 44.3 Å². The summed E-state index contributed by atoms with van der Waals surface area (Å²) in [5.74, 6) is 0.0283. The van der Waals surface area contributed by atoms with Crippen LogP contribution in [0.1, 0.15) is 54.3 Å². The highest BCUT2D eigenvalue weighted by Crippen LogP contribution is 2.36. The second-order valence-corrected chi connectivity index (χ2v) is 15.3. The van der Waals surface area contributed by atoms with Gasteiger partial charge in [-0.3, -0.25) is 34.2 Å². The third kappa shape index (κ3) is 8.24. The summed E-state index contributed by atoms with van der Waals surface area (Å²) in [6, 6.07) is 14.1. The Morgan fingerprint density at radius 3 is 2.33 bits per heavy atom. The van der Waals surface area contributed by atoms with Gasteiger partial charge in [-0.1, -0.05) is 6.07 Å². The molecule has 1 saturated carbocycles. The van der Waals surface area contributed by atoms with Gasteiger partial charge in [-0.25, -0.2) is 9.78 Å². The van der Waals surface area contributed by atoms with E-state index in [1.165, 1.54) is 13.2 Å². The summed E-state index contributed by atoms with van der Waals surface area (Å²) in [5, 5.41) is 10.6. The molecule has 3 saturated heterocycles. The number of pyridine rings is 1. The number of piperazine rings is 1. The molecular formula is C40H44F3N9O5. The minimum Gasteiger partial charge on any atom is -0.494 e. The maximum Gasteiger partial charge on any atom is 0.433 e. The molecule has 4 aliphatic rings. The van der Waals surface area contributed by atoms with Gasteiger partial charge in [0.2, 0.25) is 11.8 Å². The Hall–Kier alpha value is -5.71. The number of fused-ring (bicyclic) bond motifs is 1. The monoisotopic (exact) mass is 787 g/mol. The lowest BCUT2D eigenvalue weighted by Crippen LogP contribution is -2.58. The summed E-state index contributed by atoms with van der Waals surface area (Å²) in [6.45, 7) is 5.84. The second-order valence-electron chi connectivity index (χ2n) is 15.3. The van der Waals surface area contributed by atoms with E-state index >= 15 is 0 Å². The van der Waals surface area contributed by atoms with Crippen LogP contribution in [0.15, 0.2) is 60.8 Å². The van der Waals surface area contributed by atoms with Crippen molar-refractivity contribution >= 4 is 51.7 Å². The molecule has 57 heavy (non-hydrogen) atoms. The number of alkyl halides is 3. The van der Waals surface area contributed by atoms with E-state index in [-0.39, 0.29) is 35.9 Å². The number of amides is 5. The number of hydrogen-bond acceptors (Lipinski definition) is 9. The zero-order valence-electron chi connectivity index (χ0n) is 31.5. The Kier molecular flexibility index (Phi) is 10.5. The number of rotatable bonds is 9. The molecule has 0 spiro atoms. The first-order valence-electron chi connectivity index (χ1n) is 19.3. The van der Waals surface area contributed by atoms with Crippen molar-refractivity contribution in [3.8, 4) is 5.75 Å². The Balaban J connectivity index is 0.782. The Morgan fingerprint density at radius 2 is 1.65 bits per heavy atom. The Labute approximate surface area is 326 Å². The SMILES string of the molecule is COc1cc2nn(C3CCC(CN4CCN(C(=O)C5CN(c6ccc(N7CCC(=O)NC7=O)cc6)C5)CC4)CC3)cc2cc1NC(=O)c1cccc(C(F)(F)F)n1. The number of carbonyl (C=O) groups excluding carboxylic acids is 4. The van der Waals surface area contributed by atoms with Crippen molar-refractivity contribution in [3.05, 3.63) is 72.2 Å². The van der Waals surface area contributed by atoms with Crippen molar-refractivity contribution in [1.29, 1.82) is 0 Å². The van der Waals surface area contributed by atoms with E-state index in [9.17, 15) is 32.3 Å². The average Bonchev–Trinajstić information content (AvgIpc) is 3.60. The summed E-state index contributed by atoms with van der Waals surface area (Å²) in [5.41, 5.74) is 1.23. The van der Waals surface area contributed by atoms with Crippen LogP contribution in [0.3, 0.4) is 0 Å². The maximum absolute atomic E-state index is 13.3. The molecule has 0 unspecified atom stereocenters. The quantitative estimate of drug-likeness (QED) is 0.235. The lowest BCUT2D eigenvalue weighted by atomic mass is 9.85. The Morgan fingerprint density at radius 1 is 0.930 bits per heavy atom. The predicted octanol–water partition coefficient (Wildman–Crippen LogP) is 5.17. The average molecular weight is 788 g/mol. The minimum absolute atomic E-state index is 0.0301. The number of urea groups is 1. The summed E-state index contributed by atoms with van der Waals surface area (Å²) in [7, 11) is 1.45. The summed E-state index contributed by atoms with van der Waals surface area (Å²) < 4.78 is 46.9. The number of nitrogens with zero attached hydrogens (tertiary/aromatic N) is 7. The van der Waals surface area contributed by atoms with Crippen LogP contribution in [-0.4, -0.2) is 108 Å². The lowest BCUT2D eigenvalue weighted by Gasteiger charge is -2.44. The number of anilines is 3. The molecule has 0 atom stereocenters. The van der Waals surface area contributed by atoms with Gasteiger partial charge in [-0.15, -0.1) is 0 Å².